The Balaban J connectivity index is 1.80. The van der Waals surface area contributed by atoms with Crippen molar-refractivity contribution in [3.63, 3.8) is 0 Å². The molecule has 5 rings (SSSR count). The fraction of sp³-hybridized carbons (Fsp3) is 0.381. The smallest absolute Gasteiger partial charge is 0.264 e. The van der Waals surface area contributed by atoms with E-state index in [1.54, 1.807) is 27.7 Å². The number of ether oxygens (including phenoxy) is 1. The number of hydrogen-bond donors (Lipinski definition) is 0. The maximum absolute atomic E-state index is 13.7. The molecule has 0 aliphatic carbocycles. The van der Waals surface area contributed by atoms with Crippen LogP contribution in [-0.2, 0) is 24.3 Å². The SMILES string of the molecule is CSc1nnc2n(Cc3ccccc3)c(=O)c3c4c(sc3n12)CO[C@H](C(C)C)C4. The van der Waals surface area contributed by atoms with Gasteiger partial charge in [0.1, 0.15) is 4.83 Å². The van der Waals surface area contributed by atoms with E-state index in [1.165, 1.54) is 0 Å². The molecule has 0 N–H and O–H groups in total. The first-order chi connectivity index (χ1) is 14.1. The number of aromatic nitrogens is 4. The summed E-state index contributed by atoms with van der Waals surface area (Å²) in [4.78, 5) is 15.8. The number of thioether (sulfide) groups is 1. The van der Waals surface area contributed by atoms with Gasteiger partial charge >= 0.3 is 0 Å². The maximum Gasteiger partial charge on any atom is 0.264 e. The highest BCUT2D eigenvalue weighted by Crippen LogP contribution is 2.37. The highest BCUT2D eigenvalue weighted by molar-refractivity contribution is 7.98. The van der Waals surface area contributed by atoms with E-state index >= 15 is 0 Å². The third kappa shape index (κ3) is 3.01. The van der Waals surface area contributed by atoms with Gasteiger partial charge in [-0.1, -0.05) is 55.9 Å². The lowest BCUT2D eigenvalue weighted by Gasteiger charge is -2.26. The minimum Gasteiger partial charge on any atom is -0.372 e. The van der Waals surface area contributed by atoms with Crippen molar-refractivity contribution in [2.45, 2.75) is 44.7 Å². The summed E-state index contributed by atoms with van der Waals surface area (Å²) in [5, 5.41) is 10.3. The van der Waals surface area contributed by atoms with E-state index in [2.05, 4.69) is 24.0 Å². The predicted octanol–water partition coefficient (Wildman–Crippen LogP) is 3.97. The number of rotatable bonds is 4. The van der Waals surface area contributed by atoms with Crippen molar-refractivity contribution in [2.24, 2.45) is 5.92 Å². The normalized spacial score (nSPS) is 16.8. The van der Waals surface area contributed by atoms with Gasteiger partial charge in [-0.2, -0.15) is 0 Å². The Morgan fingerprint density at radius 3 is 2.79 bits per heavy atom. The topological polar surface area (TPSA) is 61.4 Å². The minimum absolute atomic E-state index is 0.0123. The summed E-state index contributed by atoms with van der Waals surface area (Å²) in [7, 11) is 0. The lowest BCUT2D eigenvalue weighted by atomic mass is 9.96. The highest BCUT2D eigenvalue weighted by Gasteiger charge is 2.29. The first-order valence-electron chi connectivity index (χ1n) is 9.70. The van der Waals surface area contributed by atoms with Crippen molar-refractivity contribution in [1.29, 1.82) is 0 Å². The largest absolute Gasteiger partial charge is 0.372 e. The van der Waals surface area contributed by atoms with Crippen LogP contribution in [0.1, 0.15) is 29.9 Å². The zero-order chi connectivity index (χ0) is 20.1. The monoisotopic (exact) mass is 426 g/mol. The van der Waals surface area contributed by atoms with Crippen LogP contribution in [0.4, 0.5) is 0 Å². The van der Waals surface area contributed by atoms with Crippen LogP contribution in [0.3, 0.4) is 0 Å². The van der Waals surface area contributed by atoms with Gasteiger partial charge in [-0.3, -0.25) is 9.36 Å². The fourth-order valence-corrected chi connectivity index (χ4v) is 5.74. The molecule has 1 aliphatic heterocycles. The number of hydrogen-bond acceptors (Lipinski definition) is 6. The van der Waals surface area contributed by atoms with Crippen molar-refractivity contribution in [1.82, 2.24) is 19.2 Å². The van der Waals surface area contributed by atoms with E-state index < -0.39 is 0 Å². The molecule has 0 saturated heterocycles. The zero-order valence-electron chi connectivity index (χ0n) is 16.6. The van der Waals surface area contributed by atoms with Gasteiger partial charge in [-0.25, -0.2) is 4.40 Å². The molecule has 150 valence electrons. The van der Waals surface area contributed by atoms with Crippen molar-refractivity contribution in [3.05, 3.63) is 56.7 Å². The quantitative estimate of drug-likeness (QED) is 0.462. The Morgan fingerprint density at radius 2 is 2.07 bits per heavy atom. The van der Waals surface area contributed by atoms with Crippen LogP contribution in [-0.4, -0.2) is 31.5 Å². The van der Waals surface area contributed by atoms with Crippen LogP contribution in [0.25, 0.3) is 16.0 Å². The van der Waals surface area contributed by atoms with E-state index in [0.29, 0.717) is 24.8 Å². The molecule has 0 saturated carbocycles. The molecule has 0 bridgehead atoms. The molecule has 0 spiro atoms. The summed E-state index contributed by atoms with van der Waals surface area (Å²) in [6, 6.07) is 10.0. The molecule has 1 aromatic carbocycles. The van der Waals surface area contributed by atoms with E-state index in [0.717, 1.165) is 37.8 Å². The van der Waals surface area contributed by atoms with Gasteiger partial charge in [0.05, 0.1) is 24.6 Å². The second kappa shape index (κ2) is 7.27. The molecule has 0 unspecified atom stereocenters. The average molecular weight is 427 g/mol. The molecule has 4 aromatic rings. The van der Waals surface area contributed by atoms with Crippen molar-refractivity contribution < 1.29 is 4.74 Å². The summed E-state index contributed by atoms with van der Waals surface area (Å²) in [5.74, 6) is 1.00. The molecule has 1 atom stereocenters. The highest BCUT2D eigenvalue weighted by atomic mass is 32.2. The van der Waals surface area contributed by atoms with E-state index in [1.807, 2.05) is 41.0 Å². The second-order valence-corrected chi connectivity index (χ2v) is 9.54. The molecular weight excluding hydrogens is 404 g/mol. The van der Waals surface area contributed by atoms with Gasteiger partial charge in [0.25, 0.3) is 5.56 Å². The lowest BCUT2D eigenvalue weighted by Crippen LogP contribution is -2.28. The molecule has 6 nitrogen and oxygen atoms in total. The molecule has 0 radical (unpaired) electrons. The summed E-state index contributed by atoms with van der Waals surface area (Å²) >= 11 is 3.18. The molecule has 4 heterocycles. The first kappa shape index (κ1) is 18.8. The van der Waals surface area contributed by atoms with Gasteiger partial charge in [0.15, 0.2) is 5.16 Å². The Bertz CT molecular complexity index is 1260. The van der Waals surface area contributed by atoms with Crippen LogP contribution in [0.5, 0.6) is 0 Å². The fourth-order valence-electron chi connectivity index (χ4n) is 3.96. The molecule has 0 amide bonds. The molecule has 29 heavy (non-hydrogen) atoms. The lowest BCUT2D eigenvalue weighted by molar-refractivity contribution is 0.00200. The molecule has 3 aromatic heterocycles. The van der Waals surface area contributed by atoms with Crippen LogP contribution in [0, 0.1) is 5.92 Å². The Morgan fingerprint density at radius 1 is 1.28 bits per heavy atom. The molecule has 8 heteroatoms. The van der Waals surface area contributed by atoms with Crippen LogP contribution in [0.15, 0.2) is 40.3 Å². The molecule has 0 fully saturated rings. The number of benzene rings is 1. The summed E-state index contributed by atoms with van der Waals surface area (Å²) in [5.41, 5.74) is 2.22. The number of fused-ring (bicyclic) bond motifs is 5. The summed E-state index contributed by atoms with van der Waals surface area (Å²) in [6.45, 7) is 5.37. The molecular formula is C21H22N4O2S2. The van der Waals surface area contributed by atoms with E-state index in [4.69, 9.17) is 4.74 Å². The summed E-state index contributed by atoms with van der Waals surface area (Å²) in [6.07, 6.45) is 2.90. The van der Waals surface area contributed by atoms with Gasteiger partial charge in [-0.05, 0) is 23.3 Å². The standard InChI is InChI=1S/C21H22N4O2S2/c1-12(2)15-9-14-16(11-27-15)29-19-17(14)18(26)24(10-13-7-5-4-6-8-13)20-22-23-21(28-3)25(19)20/h4-8,12,15H,9-11H2,1-3H3/t15-/m0/s1. The third-order valence-electron chi connectivity index (χ3n) is 5.54. The number of thiophene rings is 1. The average Bonchev–Trinajstić information content (AvgIpc) is 3.32. The van der Waals surface area contributed by atoms with Gasteiger partial charge in [-0.15, -0.1) is 21.5 Å². The third-order valence-corrected chi connectivity index (χ3v) is 7.36. The first-order valence-corrected chi connectivity index (χ1v) is 11.7. The Kier molecular flexibility index (Phi) is 4.72. The molecule has 1 aliphatic rings. The second-order valence-electron chi connectivity index (χ2n) is 7.68. The Labute approximate surface area is 176 Å². The maximum atomic E-state index is 13.7. The predicted molar refractivity (Wildman–Crippen MR) is 117 cm³/mol. The minimum atomic E-state index is 0.0123. The van der Waals surface area contributed by atoms with Crippen LogP contribution >= 0.6 is 23.1 Å². The van der Waals surface area contributed by atoms with Crippen LogP contribution < -0.4 is 5.56 Å². The Hall–Kier alpha value is -2.16. The van der Waals surface area contributed by atoms with E-state index in [9.17, 15) is 4.79 Å². The van der Waals surface area contributed by atoms with E-state index in [-0.39, 0.29) is 11.7 Å². The van der Waals surface area contributed by atoms with Crippen LogP contribution in [0.2, 0.25) is 0 Å². The number of nitrogens with zero attached hydrogens (tertiary/aromatic N) is 4. The van der Waals surface area contributed by atoms with Crippen molar-refractivity contribution >= 4 is 39.1 Å². The van der Waals surface area contributed by atoms with Gasteiger partial charge in [0.2, 0.25) is 5.78 Å². The van der Waals surface area contributed by atoms with Gasteiger partial charge in [0, 0.05) is 11.3 Å². The summed E-state index contributed by atoms with van der Waals surface area (Å²) < 4.78 is 9.87. The van der Waals surface area contributed by atoms with Crippen molar-refractivity contribution in [3.8, 4) is 0 Å². The van der Waals surface area contributed by atoms with Gasteiger partial charge < -0.3 is 4.74 Å². The van der Waals surface area contributed by atoms with Crippen molar-refractivity contribution in [2.75, 3.05) is 6.26 Å². The zero-order valence-corrected chi connectivity index (χ0v) is 18.2.